The Kier molecular flexibility index (Phi) is 9.29. The molecule has 5 heteroatoms. The van der Waals surface area contributed by atoms with E-state index in [9.17, 15) is 9.59 Å². The van der Waals surface area contributed by atoms with E-state index in [1.165, 1.54) is 7.11 Å². The lowest BCUT2D eigenvalue weighted by Gasteiger charge is -2.27. The summed E-state index contributed by atoms with van der Waals surface area (Å²) in [6, 6.07) is 10.1. The van der Waals surface area contributed by atoms with Gasteiger partial charge in [-0.15, -0.1) is 0 Å². The normalized spacial score (nSPS) is 26.4. The summed E-state index contributed by atoms with van der Waals surface area (Å²) < 4.78 is 16.6. The molecule has 0 amide bonds. The number of unbranched alkanes of at least 4 members (excludes halogenated alkanes) is 3. The molecule has 1 aliphatic heterocycles. The van der Waals surface area contributed by atoms with E-state index < -0.39 is 5.41 Å². The van der Waals surface area contributed by atoms with E-state index in [2.05, 4.69) is 24.3 Å². The number of carbonyl (C=O) groups excluding carboxylic acids is 2. The molecule has 170 valence electrons. The number of Topliss-reactive ketones (excluding diaryl/α,β-unsaturated/α-hetero) is 1. The van der Waals surface area contributed by atoms with E-state index in [0.717, 1.165) is 70.0 Å². The largest absolute Gasteiger partial charge is 0.469 e. The first-order valence-electron chi connectivity index (χ1n) is 11.7. The Morgan fingerprint density at radius 3 is 2.71 bits per heavy atom. The highest BCUT2D eigenvalue weighted by molar-refractivity contribution is 5.90. The SMILES string of the molecule is COC(=O)CCCCCCC1(/C=C/c2ccccc2)CC(OC2CCCCO2)CC1=O. The summed E-state index contributed by atoms with van der Waals surface area (Å²) in [6.07, 6.45) is 13.3. The van der Waals surface area contributed by atoms with E-state index >= 15 is 0 Å². The number of carbonyl (C=O) groups is 2. The minimum absolute atomic E-state index is 0.0738. The van der Waals surface area contributed by atoms with Gasteiger partial charge in [-0.25, -0.2) is 0 Å². The van der Waals surface area contributed by atoms with Crippen LogP contribution in [-0.2, 0) is 23.8 Å². The highest BCUT2D eigenvalue weighted by Crippen LogP contribution is 2.43. The summed E-state index contributed by atoms with van der Waals surface area (Å²) in [5.74, 6) is 0.119. The third-order valence-electron chi connectivity index (χ3n) is 6.42. The zero-order valence-electron chi connectivity index (χ0n) is 18.7. The molecule has 1 saturated heterocycles. The number of ketones is 1. The topological polar surface area (TPSA) is 61.8 Å². The molecule has 5 nitrogen and oxygen atoms in total. The molecule has 1 saturated carbocycles. The van der Waals surface area contributed by atoms with Crippen LogP contribution in [0.1, 0.15) is 76.2 Å². The van der Waals surface area contributed by atoms with Gasteiger partial charge in [0.15, 0.2) is 6.29 Å². The lowest BCUT2D eigenvalue weighted by molar-refractivity contribution is -0.187. The third kappa shape index (κ3) is 7.29. The van der Waals surface area contributed by atoms with Crippen LogP contribution in [0.15, 0.2) is 36.4 Å². The first-order valence-corrected chi connectivity index (χ1v) is 11.7. The molecule has 0 aromatic heterocycles. The van der Waals surface area contributed by atoms with Crippen LogP contribution in [0.2, 0.25) is 0 Å². The molecule has 1 aliphatic carbocycles. The van der Waals surface area contributed by atoms with Gasteiger partial charge in [-0.3, -0.25) is 9.59 Å². The summed E-state index contributed by atoms with van der Waals surface area (Å²) in [6.45, 7) is 0.746. The maximum atomic E-state index is 13.2. The van der Waals surface area contributed by atoms with Crippen LogP contribution < -0.4 is 0 Å². The Morgan fingerprint density at radius 2 is 1.97 bits per heavy atom. The maximum absolute atomic E-state index is 13.2. The fraction of sp³-hybridized carbons (Fsp3) is 0.615. The zero-order valence-corrected chi connectivity index (χ0v) is 18.7. The summed E-state index contributed by atoms with van der Waals surface area (Å²) in [5, 5.41) is 0. The molecule has 31 heavy (non-hydrogen) atoms. The van der Waals surface area contributed by atoms with Crippen molar-refractivity contribution in [3.05, 3.63) is 42.0 Å². The summed E-state index contributed by atoms with van der Waals surface area (Å²) in [5.41, 5.74) is 0.630. The molecule has 2 fully saturated rings. The van der Waals surface area contributed by atoms with E-state index in [1.807, 2.05) is 18.2 Å². The Bertz CT molecular complexity index is 723. The van der Waals surface area contributed by atoms with Crippen LogP contribution in [-0.4, -0.2) is 37.9 Å². The summed E-state index contributed by atoms with van der Waals surface area (Å²) in [4.78, 5) is 24.5. The number of hydrogen-bond acceptors (Lipinski definition) is 5. The van der Waals surface area contributed by atoms with Crippen molar-refractivity contribution in [2.24, 2.45) is 5.41 Å². The van der Waals surface area contributed by atoms with Crippen LogP contribution in [0.5, 0.6) is 0 Å². The van der Waals surface area contributed by atoms with Crippen molar-refractivity contribution in [2.75, 3.05) is 13.7 Å². The summed E-state index contributed by atoms with van der Waals surface area (Å²) >= 11 is 0. The second-order valence-electron chi connectivity index (χ2n) is 8.78. The fourth-order valence-corrected chi connectivity index (χ4v) is 4.60. The Labute approximate surface area is 186 Å². The van der Waals surface area contributed by atoms with E-state index in [4.69, 9.17) is 14.2 Å². The molecule has 0 radical (unpaired) electrons. The number of ether oxygens (including phenoxy) is 3. The Hall–Kier alpha value is -1.98. The van der Waals surface area contributed by atoms with Crippen molar-refractivity contribution in [2.45, 2.75) is 83.0 Å². The zero-order chi connectivity index (χ0) is 21.9. The first-order chi connectivity index (χ1) is 15.1. The molecule has 1 aromatic carbocycles. The smallest absolute Gasteiger partial charge is 0.305 e. The molecule has 0 bridgehead atoms. The molecule has 2 aliphatic rings. The van der Waals surface area contributed by atoms with Gasteiger partial charge in [0.1, 0.15) is 5.78 Å². The quantitative estimate of drug-likeness (QED) is 0.345. The van der Waals surface area contributed by atoms with Gasteiger partial charge >= 0.3 is 5.97 Å². The molecular formula is C26H36O5. The van der Waals surface area contributed by atoms with Gasteiger partial charge in [-0.1, -0.05) is 61.7 Å². The van der Waals surface area contributed by atoms with Gasteiger partial charge in [0.2, 0.25) is 0 Å². The second-order valence-corrected chi connectivity index (χ2v) is 8.78. The van der Waals surface area contributed by atoms with Crippen LogP contribution in [0.25, 0.3) is 6.08 Å². The lowest BCUT2D eigenvalue weighted by Crippen LogP contribution is -2.27. The molecule has 3 rings (SSSR count). The van der Waals surface area contributed by atoms with E-state index in [-0.39, 0.29) is 24.1 Å². The predicted octanol–water partition coefficient (Wildman–Crippen LogP) is 5.47. The van der Waals surface area contributed by atoms with E-state index in [1.54, 1.807) is 0 Å². The van der Waals surface area contributed by atoms with Crippen molar-refractivity contribution in [1.29, 1.82) is 0 Å². The molecule has 0 N–H and O–H groups in total. The van der Waals surface area contributed by atoms with Gasteiger partial charge in [0.05, 0.1) is 13.2 Å². The molecule has 1 heterocycles. The van der Waals surface area contributed by atoms with Gasteiger partial charge in [-0.05, 0) is 44.1 Å². The maximum Gasteiger partial charge on any atom is 0.305 e. The molecule has 0 spiro atoms. The average Bonchev–Trinajstić information content (AvgIpc) is 3.10. The fourth-order valence-electron chi connectivity index (χ4n) is 4.60. The molecule has 3 atom stereocenters. The van der Waals surface area contributed by atoms with Crippen LogP contribution in [0.4, 0.5) is 0 Å². The van der Waals surface area contributed by atoms with Crippen molar-refractivity contribution in [3.63, 3.8) is 0 Å². The second kappa shape index (κ2) is 12.2. The highest BCUT2D eigenvalue weighted by atomic mass is 16.7. The minimum Gasteiger partial charge on any atom is -0.469 e. The number of esters is 1. The molecular weight excluding hydrogens is 392 g/mol. The van der Waals surface area contributed by atoms with Crippen LogP contribution >= 0.6 is 0 Å². The number of hydrogen-bond donors (Lipinski definition) is 0. The number of methoxy groups -OCH3 is 1. The van der Waals surface area contributed by atoms with Gasteiger partial charge in [0.25, 0.3) is 0 Å². The van der Waals surface area contributed by atoms with Gasteiger partial charge in [-0.2, -0.15) is 0 Å². The number of benzene rings is 1. The standard InChI is InChI=1S/C26H36O5/c1-29-24(28)13-7-2-3-9-16-26(17-15-21-11-5-4-6-12-21)20-22(19-23(26)27)31-25-14-8-10-18-30-25/h4-6,11-12,15,17,22,25H,2-3,7-10,13-14,16,18-20H2,1H3/b17-15+. The third-order valence-corrected chi connectivity index (χ3v) is 6.42. The molecule has 1 aromatic rings. The first kappa shape index (κ1) is 23.7. The van der Waals surface area contributed by atoms with Crippen molar-refractivity contribution in [3.8, 4) is 0 Å². The number of rotatable bonds is 11. The van der Waals surface area contributed by atoms with Crippen molar-refractivity contribution >= 4 is 17.8 Å². The van der Waals surface area contributed by atoms with Crippen LogP contribution in [0, 0.1) is 5.41 Å². The van der Waals surface area contributed by atoms with Crippen LogP contribution in [0.3, 0.4) is 0 Å². The Balaban J connectivity index is 1.59. The monoisotopic (exact) mass is 428 g/mol. The minimum atomic E-state index is -0.475. The van der Waals surface area contributed by atoms with Gasteiger partial charge in [0, 0.05) is 24.9 Å². The average molecular weight is 429 g/mol. The summed E-state index contributed by atoms with van der Waals surface area (Å²) in [7, 11) is 1.42. The van der Waals surface area contributed by atoms with E-state index in [0.29, 0.717) is 12.8 Å². The molecule has 3 unspecified atom stereocenters. The van der Waals surface area contributed by atoms with Crippen molar-refractivity contribution in [1.82, 2.24) is 0 Å². The lowest BCUT2D eigenvalue weighted by atomic mass is 9.79. The predicted molar refractivity (Wildman–Crippen MR) is 120 cm³/mol. The number of allylic oxidation sites excluding steroid dienone is 1. The Morgan fingerprint density at radius 1 is 1.16 bits per heavy atom. The van der Waals surface area contributed by atoms with Gasteiger partial charge < -0.3 is 14.2 Å². The van der Waals surface area contributed by atoms with Crippen molar-refractivity contribution < 1.29 is 23.8 Å². The highest BCUT2D eigenvalue weighted by Gasteiger charge is 2.45.